The van der Waals surface area contributed by atoms with Crippen molar-refractivity contribution in [2.24, 2.45) is 17.3 Å². The van der Waals surface area contributed by atoms with E-state index in [0.717, 1.165) is 31.3 Å². The van der Waals surface area contributed by atoms with E-state index in [4.69, 9.17) is 11.6 Å². The molecule has 0 radical (unpaired) electrons. The van der Waals surface area contributed by atoms with Crippen LogP contribution >= 0.6 is 11.6 Å². The van der Waals surface area contributed by atoms with Gasteiger partial charge in [0.25, 0.3) is 0 Å². The Balaban J connectivity index is 1.81. The molecule has 0 spiro atoms. The highest BCUT2D eigenvalue weighted by molar-refractivity contribution is 6.30. The number of nitrogens with one attached hydrogen (secondary N) is 1. The van der Waals surface area contributed by atoms with E-state index >= 15 is 0 Å². The first-order chi connectivity index (χ1) is 9.63. The van der Waals surface area contributed by atoms with Crippen molar-refractivity contribution in [1.29, 1.82) is 0 Å². The van der Waals surface area contributed by atoms with E-state index in [9.17, 15) is 4.39 Å². The van der Waals surface area contributed by atoms with Crippen molar-refractivity contribution in [2.45, 2.75) is 39.0 Å². The molecular formula is C17H23ClFN. The van der Waals surface area contributed by atoms with Crippen LogP contribution in [0.5, 0.6) is 0 Å². The Hall–Kier alpha value is -0.600. The third kappa shape index (κ3) is 2.60. The van der Waals surface area contributed by atoms with E-state index in [2.05, 4.69) is 12.2 Å². The Labute approximate surface area is 125 Å². The van der Waals surface area contributed by atoms with Gasteiger partial charge in [0.1, 0.15) is 5.82 Å². The molecule has 2 aliphatic rings. The van der Waals surface area contributed by atoms with Crippen LogP contribution in [0.3, 0.4) is 0 Å². The van der Waals surface area contributed by atoms with Crippen molar-refractivity contribution in [3.05, 3.63) is 34.6 Å². The third-order valence-corrected chi connectivity index (χ3v) is 5.66. The van der Waals surface area contributed by atoms with E-state index in [1.54, 1.807) is 0 Å². The highest BCUT2D eigenvalue weighted by Crippen LogP contribution is 2.57. The van der Waals surface area contributed by atoms with Gasteiger partial charge >= 0.3 is 0 Å². The van der Waals surface area contributed by atoms with Crippen LogP contribution in [0, 0.1) is 23.1 Å². The second kappa shape index (κ2) is 5.65. The largest absolute Gasteiger partial charge is 0.316 e. The average Bonchev–Trinajstić information content (AvgIpc) is 3.02. The molecule has 3 unspecified atom stereocenters. The molecule has 1 aromatic rings. The van der Waals surface area contributed by atoms with Gasteiger partial charge in [0.2, 0.25) is 0 Å². The van der Waals surface area contributed by atoms with Crippen molar-refractivity contribution in [1.82, 2.24) is 5.32 Å². The summed E-state index contributed by atoms with van der Waals surface area (Å²) < 4.78 is 13.3. The van der Waals surface area contributed by atoms with E-state index in [-0.39, 0.29) is 10.8 Å². The van der Waals surface area contributed by atoms with Crippen molar-refractivity contribution < 1.29 is 4.39 Å². The predicted molar refractivity (Wildman–Crippen MR) is 81.5 cm³/mol. The molecule has 3 rings (SSSR count). The molecular weight excluding hydrogens is 273 g/mol. The normalized spacial score (nSPS) is 31.9. The minimum atomic E-state index is -0.316. The summed E-state index contributed by atoms with van der Waals surface area (Å²) in [5.74, 6) is 1.43. The Morgan fingerprint density at radius 3 is 2.85 bits per heavy atom. The van der Waals surface area contributed by atoms with Gasteiger partial charge in [-0.05, 0) is 67.2 Å². The van der Waals surface area contributed by atoms with Gasteiger partial charge in [0.15, 0.2) is 0 Å². The van der Waals surface area contributed by atoms with Gasteiger partial charge in [-0.15, -0.1) is 0 Å². The molecule has 1 aromatic carbocycles. The highest BCUT2D eigenvalue weighted by Gasteiger charge is 2.50. The molecule has 0 heterocycles. The Bertz CT molecular complexity index is 490. The van der Waals surface area contributed by atoms with Crippen LogP contribution in [0.2, 0.25) is 5.02 Å². The quantitative estimate of drug-likeness (QED) is 0.847. The van der Waals surface area contributed by atoms with Crippen molar-refractivity contribution in [2.75, 3.05) is 13.1 Å². The van der Waals surface area contributed by atoms with Crippen LogP contribution in [-0.4, -0.2) is 13.1 Å². The number of hydrogen-bond acceptors (Lipinski definition) is 1. The fourth-order valence-electron chi connectivity index (χ4n) is 4.48. The summed E-state index contributed by atoms with van der Waals surface area (Å²) in [4.78, 5) is 0. The van der Waals surface area contributed by atoms with Gasteiger partial charge in [0.05, 0.1) is 5.02 Å². The zero-order valence-corrected chi connectivity index (χ0v) is 12.8. The average molecular weight is 296 g/mol. The molecule has 0 amide bonds. The van der Waals surface area contributed by atoms with Crippen LogP contribution in [0.15, 0.2) is 18.2 Å². The number of halogens is 2. The fraction of sp³-hybridized carbons (Fsp3) is 0.647. The monoisotopic (exact) mass is 295 g/mol. The third-order valence-electron chi connectivity index (χ3n) is 5.37. The molecule has 110 valence electrons. The molecule has 1 N–H and O–H groups in total. The van der Waals surface area contributed by atoms with E-state index in [1.165, 1.54) is 37.3 Å². The number of benzene rings is 1. The maximum Gasteiger partial charge on any atom is 0.141 e. The summed E-state index contributed by atoms with van der Waals surface area (Å²) in [6.45, 7) is 4.26. The molecule has 2 saturated carbocycles. The van der Waals surface area contributed by atoms with Gasteiger partial charge in [-0.2, -0.15) is 0 Å². The van der Waals surface area contributed by atoms with Crippen LogP contribution in [0.1, 0.15) is 38.2 Å². The second-order valence-electron chi connectivity index (χ2n) is 6.65. The van der Waals surface area contributed by atoms with Crippen molar-refractivity contribution >= 4 is 11.6 Å². The molecule has 0 aromatic heterocycles. The van der Waals surface area contributed by atoms with E-state index in [1.807, 2.05) is 12.1 Å². The van der Waals surface area contributed by atoms with E-state index < -0.39 is 0 Å². The van der Waals surface area contributed by atoms with Crippen LogP contribution in [0.25, 0.3) is 0 Å². The molecule has 3 atom stereocenters. The minimum absolute atomic E-state index is 0.254. The Kier molecular flexibility index (Phi) is 4.05. The second-order valence-corrected chi connectivity index (χ2v) is 7.06. The van der Waals surface area contributed by atoms with Gasteiger partial charge in [-0.3, -0.25) is 0 Å². The van der Waals surface area contributed by atoms with Gasteiger partial charge in [0, 0.05) is 6.54 Å². The van der Waals surface area contributed by atoms with Gasteiger partial charge in [-0.1, -0.05) is 31.0 Å². The number of hydrogen-bond donors (Lipinski definition) is 1. The molecule has 2 aliphatic carbocycles. The van der Waals surface area contributed by atoms with E-state index in [0.29, 0.717) is 5.41 Å². The van der Waals surface area contributed by atoms with Crippen molar-refractivity contribution in [3.8, 4) is 0 Å². The molecule has 0 saturated heterocycles. The Morgan fingerprint density at radius 1 is 1.40 bits per heavy atom. The lowest BCUT2D eigenvalue weighted by molar-refractivity contribution is 0.157. The summed E-state index contributed by atoms with van der Waals surface area (Å²) in [5.41, 5.74) is 1.54. The summed E-state index contributed by atoms with van der Waals surface area (Å²) >= 11 is 5.94. The topological polar surface area (TPSA) is 12.0 Å². The van der Waals surface area contributed by atoms with Crippen LogP contribution in [0.4, 0.5) is 4.39 Å². The minimum Gasteiger partial charge on any atom is -0.316 e. The van der Waals surface area contributed by atoms with Crippen LogP contribution in [-0.2, 0) is 6.42 Å². The SMILES string of the molecule is CCNCC1(Cc2ccc(F)c(Cl)c2)CC2CCC1C2. The highest BCUT2D eigenvalue weighted by atomic mass is 35.5. The molecule has 2 fully saturated rings. The van der Waals surface area contributed by atoms with Crippen LogP contribution < -0.4 is 5.32 Å². The van der Waals surface area contributed by atoms with Gasteiger partial charge < -0.3 is 5.32 Å². The van der Waals surface area contributed by atoms with Crippen molar-refractivity contribution in [3.63, 3.8) is 0 Å². The lowest BCUT2D eigenvalue weighted by Gasteiger charge is -2.38. The smallest absolute Gasteiger partial charge is 0.141 e. The maximum absolute atomic E-state index is 13.3. The number of rotatable bonds is 5. The predicted octanol–water partition coefficient (Wildman–Crippen LogP) is 4.44. The standard InChI is InChI=1S/C17H23ClFN/c1-2-20-11-17(9-12-3-5-14(17)7-12)10-13-4-6-16(19)15(18)8-13/h4,6,8,12,14,20H,2-3,5,7,9-11H2,1H3. The lowest BCUT2D eigenvalue weighted by atomic mass is 9.69. The molecule has 20 heavy (non-hydrogen) atoms. The molecule has 0 aliphatic heterocycles. The first-order valence-electron chi connectivity index (χ1n) is 7.77. The summed E-state index contributed by atoms with van der Waals surface area (Å²) in [6.07, 6.45) is 6.51. The first kappa shape index (κ1) is 14.3. The van der Waals surface area contributed by atoms with Gasteiger partial charge in [-0.25, -0.2) is 4.39 Å². The zero-order valence-electron chi connectivity index (χ0n) is 12.1. The molecule has 3 heteroatoms. The summed E-state index contributed by atoms with van der Waals surface area (Å²) in [7, 11) is 0. The maximum atomic E-state index is 13.3. The summed E-state index contributed by atoms with van der Waals surface area (Å²) in [5, 5.41) is 3.81. The Morgan fingerprint density at radius 2 is 2.25 bits per heavy atom. The first-order valence-corrected chi connectivity index (χ1v) is 8.15. The zero-order chi connectivity index (χ0) is 14.2. The lowest BCUT2D eigenvalue weighted by Crippen LogP contribution is -2.40. The fourth-order valence-corrected chi connectivity index (χ4v) is 4.69. The molecule has 2 bridgehead atoms. The number of fused-ring (bicyclic) bond motifs is 2. The molecule has 1 nitrogen and oxygen atoms in total. The summed E-state index contributed by atoms with van der Waals surface area (Å²) in [6, 6.07) is 5.23.